The van der Waals surface area contributed by atoms with E-state index < -0.39 is 23.3 Å². The molecule has 0 fully saturated rings. The van der Waals surface area contributed by atoms with Crippen molar-refractivity contribution in [1.82, 2.24) is 4.90 Å². The second kappa shape index (κ2) is 10.3. The number of alkyl halides is 3. The number of carboxylic acids is 1. The largest absolute Gasteiger partial charge is 0.478 e. The molecule has 0 aliphatic rings. The standard InChI is InChI=1S/C27H26F3NO5/c1-17-14-22(12-13-23(17)36-26(2,3)25(33)34)35-21-7-5-6-19(15-21)24(32)31(4)16-18-8-10-20(11-9-18)27(28,29)30/h5-15H,16H2,1-4H3,(H,33,34). The van der Waals surface area contributed by atoms with Gasteiger partial charge in [-0.2, -0.15) is 13.2 Å². The van der Waals surface area contributed by atoms with Crippen LogP contribution in [0.5, 0.6) is 17.2 Å². The fraction of sp³-hybridized carbons (Fsp3) is 0.259. The molecule has 1 N–H and O–H groups in total. The molecule has 36 heavy (non-hydrogen) atoms. The summed E-state index contributed by atoms with van der Waals surface area (Å²) in [5.74, 6) is -0.134. The van der Waals surface area contributed by atoms with Crippen LogP contribution >= 0.6 is 0 Å². The summed E-state index contributed by atoms with van der Waals surface area (Å²) in [7, 11) is 1.56. The molecule has 3 rings (SSSR count). The molecule has 3 aromatic rings. The van der Waals surface area contributed by atoms with Crippen LogP contribution in [-0.2, 0) is 17.5 Å². The van der Waals surface area contributed by atoms with Crippen LogP contribution in [0.25, 0.3) is 0 Å². The van der Waals surface area contributed by atoms with Gasteiger partial charge in [-0.15, -0.1) is 0 Å². The third kappa shape index (κ3) is 6.56. The van der Waals surface area contributed by atoms with Crippen molar-refractivity contribution in [3.05, 3.63) is 89.0 Å². The molecule has 0 bridgehead atoms. The maximum absolute atomic E-state index is 12.9. The number of ether oxygens (including phenoxy) is 2. The Balaban J connectivity index is 1.69. The summed E-state index contributed by atoms with van der Waals surface area (Å²) in [6.07, 6.45) is -4.42. The quantitative estimate of drug-likeness (QED) is 0.391. The topological polar surface area (TPSA) is 76.1 Å². The minimum Gasteiger partial charge on any atom is -0.478 e. The van der Waals surface area contributed by atoms with E-state index in [-0.39, 0.29) is 12.5 Å². The van der Waals surface area contributed by atoms with Crippen LogP contribution < -0.4 is 9.47 Å². The normalized spacial score (nSPS) is 11.6. The molecule has 0 spiro atoms. The highest BCUT2D eigenvalue weighted by atomic mass is 19.4. The van der Waals surface area contributed by atoms with Gasteiger partial charge in [0, 0.05) is 19.2 Å². The lowest BCUT2D eigenvalue weighted by atomic mass is 10.1. The second-order valence-corrected chi connectivity index (χ2v) is 8.83. The number of hydrogen-bond acceptors (Lipinski definition) is 4. The Hall–Kier alpha value is -4.01. The molecule has 0 unspecified atom stereocenters. The van der Waals surface area contributed by atoms with Gasteiger partial charge in [0.2, 0.25) is 0 Å². The molecular formula is C27H26F3NO5. The number of aryl methyl sites for hydroxylation is 1. The summed E-state index contributed by atoms with van der Waals surface area (Å²) in [4.78, 5) is 25.6. The highest BCUT2D eigenvalue weighted by Gasteiger charge is 2.30. The first kappa shape index (κ1) is 26.6. The Morgan fingerprint density at radius 2 is 1.58 bits per heavy atom. The molecule has 1 amide bonds. The van der Waals surface area contributed by atoms with Crippen LogP contribution in [0, 0.1) is 6.92 Å². The molecule has 0 saturated carbocycles. The van der Waals surface area contributed by atoms with E-state index in [1.165, 1.54) is 30.9 Å². The minimum atomic E-state index is -4.42. The van der Waals surface area contributed by atoms with Gasteiger partial charge in [-0.25, -0.2) is 4.79 Å². The van der Waals surface area contributed by atoms with E-state index in [2.05, 4.69) is 0 Å². The summed E-state index contributed by atoms with van der Waals surface area (Å²) < 4.78 is 49.7. The van der Waals surface area contributed by atoms with Gasteiger partial charge in [-0.1, -0.05) is 18.2 Å². The smallest absolute Gasteiger partial charge is 0.416 e. The maximum Gasteiger partial charge on any atom is 0.416 e. The van der Waals surface area contributed by atoms with E-state index in [4.69, 9.17) is 9.47 Å². The molecule has 6 nitrogen and oxygen atoms in total. The van der Waals surface area contributed by atoms with Gasteiger partial charge in [0.1, 0.15) is 17.2 Å². The number of carboxylic acid groups (broad SMARTS) is 1. The van der Waals surface area contributed by atoms with Crippen molar-refractivity contribution in [2.45, 2.75) is 39.1 Å². The van der Waals surface area contributed by atoms with Gasteiger partial charge < -0.3 is 19.5 Å². The number of rotatable bonds is 8. The van der Waals surface area contributed by atoms with Gasteiger partial charge in [-0.05, 0) is 80.4 Å². The fourth-order valence-corrected chi connectivity index (χ4v) is 3.31. The summed E-state index contributed by atoms with van der Waals surface area (Å²) in [6, 6.07) is 16.1. The van der Waals surface area contributed by atoms with Crippen LogP contribution in [0.4, 0.5) is 13.2 Å². The highest BCUT2D eigenvalue weighted by molar-refractivity contribution is 5.94. The lowest BCUT2D eigenvalue weighted by Crippen LogP contribution is -2.38. The molecular weight excluding hydrogens is 475 g/mol. The van der Waals surface area contributed by atoms with Crippen LogP contribution in [0.2, 0.25) is 0 Å². The molecule has 0 atom stereocenters. The first-order valence-electron chi connectivity index (χ1n) is 11.0. The molecule has 0 aromatic heterocycles. The van der Waals surface area contributed by atoms with Crippen molar-refractivity contribution in [3.63, 3.8) is 0 Å². The molecule has 3 aromatic carbocycles. The van der Waals surface area contributed by atoms with E-state index in [1.54, 1.807) is 56.4 Å². The van der Waals surface area contributed by atoms with Crippen molar-refractivity contribution in [1.29, 1.82) is 0 Å². The summed E-state index contributed by atoms with van der Waals surface area (Å²) in [6.45, 7) is 4.80. The van der Waals surface area contributed by atoms with E-state index in [9.17, 15) is 27.9 Å². The van der Waals surface area contributed by atoms with Crippen LogP contribution in [-0.4, -0.2) is 34.5 Å². The predicted octanol–water partition coefficient (Wildman–Crippen LogP) is 6.32. The van der Waals surface area contributed by atoms with Gasteiger partial charge in [0.05, 0.1) is 5.56 Å². The van der Waals surface area contributed by atoms with Crippen molar-refractivity contribution < 1.29 is 37.3 Å². The zero-order chi connectivity index (χ0) is 26.7. The van der Waals surface area contributed by atoms with Gasteiger partial charge in [0.15, 0.2) is 5.60 Å². The monoisotopic (exact) mass is 501 g/mol. The molecule has 9 heteroatoms. The summed E-state index contributed by atoms with van der Waals surface area (Å²) >= 11 is 0. The number of amides is 1. The summed E-state index contributed by atoms with van der Waals surface area (Å²) in [5, 5.41) is 9.25. The Morgan fingerprint density at radius 1 is 0.944 bits per heavy atom. The number of halogens is 3. The van der Waals surface area contributed by atoms with Crippen molar-refractivity contribution in [2.75, 3.05) is 7.05 Å². The lowest BCUT2D eigenvalue weighted by molar-refractivity contribution is -0.152. The first-order valence-corrected chi connectivity index (χ1v) is 11.0. The highest BCUT2D eigenvalue weighted by Crippen LogP contribution is 2.31. The predicted molar refractivity (Wildman–Crippen MR) is 127 cm³/mol. The van der Waals surface area contributed by atoms with Crippen LogP contribution in [0.1, 0.15) is 40.9 Å². The average molecular weight is 502 g/mol. The Kier molecular flexibility index (Phi) is 7.62. The third-order valence-corrected chi connectivity index (χ3v) is 5.39. The van der Waals surface area contributed by atoms with Crippen molar-refractivity contribution in [3.8, 4) is 17.2 Å². The number of carbonyl (C=O) groups is 2. The number of nitrogens with zero attached hydrogens (tertiary/aromatic N) is 1. The molecule has 190 valence electrons. The Morgan fingerprint density at radius 3 is 2.17 bits per heavy atom. The zero-order valence-corrected chi connectivity index (χ0v) is 20.2. The number of carbonyl (C=O) groups excluding carboxylic acids is 1. The number of hydrogen-bond donors (Lipinski definition) is 1. The third-order valence-electron chi connectivity index (χ3n) is 5.39. The van der Waals surface area contributed by atoms with Gasteiger partial charge in [-0.3, -0.25) is 4.79 Å². The second-order valence-electron chi connectivity index (χ2n) is 8.83. The van der Waals surface area contributed by atoms with E-state index in [1.807, 2.05) is 0 Å². The van der Waals surface area contributed by atoms with Crippen LogP contribution in [0.3, 0.4) is 0 Å². The first-order chi connectivity index (χ1) is 16.8. The molecule has 0 saturated heterocycles. The number of benzene rings is 3. The Labute approximate surface area is 206 Å². The number of aliphatic carboxylic acids is 1. The summed E-state index contributed by atoms with van der Waals surface area (Å²) in [5.41, 5.74) is -0.554. The lowest BCUT2D eigenvalue weighted by Gasteiger charge is -2.23. The SMILES string of the molecule is Cc1cc(Oc2cccc(C(=O)N(C)Cc3ccc(C(F)(F)F)cc3)c2)ccc1OC(C)(C)C(=O)O. The molecule has 0 radical (unpaired) electrons. The molecule has 0 heterocycles. The fourth-order valence-electron chi connectivity index (χ4n) is 3.31. The minimum absolute atomic E-state index is 0.134. The van der Waals surface area contributed by atoms with Gasteiger partial charge in [0.25, 0.3) is 5.91 Å². The van der Waals surface area contributed by atoms with Crippen molar-refractivity contribution >= 4 is 11.9 Å². The van der Waals surface area contributed by atoms with E-state index >= 15 is 0 Å². The molecule has 0 aliphatic heterocycles. The maximum atomic E-state index is 12.9. The average Bonchev–Trinajstić information content (AvgIpc) is 2.80. The van der Waals surface area contributed by atoms with Crippen LogP contribution in [0.15, 0.2) is 66.7 Å². The van der Waals surface area contributed by atoms with E-state index in [0.29, 0.717) is 33.9 Å². The Bertz CT molecular complexity index is 1250. The van der Waals surface area contributed by atoms with E-state index in [0.717, 1.165) is 12.1 Å². The van der Waals surface area contributed by atoms with Gasteiger partial charge >= 0.3 is 12.1 Å². The zero-order valence-electron chi connectivity index (χ0n) is 20.2. The van der Waals surface area contributed by atoms with Crippen molar-refractivity contribution in [2.24, 2.45) is 0 Å². The molecule has 0 aliphatic carbocycles.